The molecule has 1 aromatic carbocycles. The van der Waals surface area contributed by atoms with Crippen LogP contribution in [-0.2, 0) is 27.5 Å². The summed E-state index contributed by atoms with van der Waals surface area (Å²) < 4.78 is 59.6. The molecule has 1 unspecified atom stereocenters. The van der Waals surface area contributed by atoms with E-state index in [1.807, 2.05) is 0 Å². The molecule has 1 fully saturated rings. The Bertz CT molecular complexity index is 1340. The molecule has 0 saturated heterocycles. The maximum absolute atomic E-state index is 14.7. The molecule has 0 amide bonds. The standard InChI is InChI=1S/C23H23ClF4N2O5S2/c1-4-35-19(32)10-22(5-6-22)11-36-20(33)12(2)37-16-8-15(14(25)7-13(16)24)30-18(31)9-17(23(26,27)28)29(3)21(30)34/h7-9,12H,4-6,10-11H2,1-3H3. The third-order valence-corrected chi connectivity index (χ3v) is 8.92. The molecule has 0 aliphatic heterocycles. The Morgan fingerprint density at radius 3 is 2.43 bits per heavy atom. The molecule has 1 aliphatic carbocycles. The predicted octanol–water partition coefficient (Wildman–Crippen LogP) is 4.82. The van der Waals surface area contributed by atoms with Gasteiger partial charge >= 0.3 is 17.8 Å². The van der Waals surface area contributed by atoms with Crippen LogP contribution in [0.3, 0.4) is 0 Å². The van der Waals surface area contributed by atoms with Crippen LogP contribution in [0.15, 0.2) is 32.7 Å². The third kappa shape index (κ3) is 6.80. The van der Waals surface area contributed by atoms with Crippen molar-refractivity contribution >= 4 is 46.2 Å². The molecule has 2 aromatic rings. The minimum Gasteiger partial charge on any atom is -0.466 e. The van der Waals surface area contributed by atoms with Crippen LogP contribution in [0.2, 0.25) is 5.02 Å². The summed E-state index contributed by atoms with van der Waals surface area (Å²) in [7, 11) is 0.817. The second-order valence-electron chi connectivity index (χ2n) is 8.63. The van der Waals surface area contributed by atoms with Gasteiger partial charge < -0.3 is 4.74 Å². The molecule has 7 nitrogen and oxygen atoms in total. The molecule has 37 heavy (non-hydrogen) atoms. The quantitative estimate of drug-likeness (QED) is 0.238. The van der Waals surface area contributed by atoms with Crippen molar-refractivity contribution in [2.24, 2.45) is 12.5 Å². The average Bonchev–Trinajstić information content (AvgIpc) is 3.56. The zero-order valence-corrected chi connectivity index (χ0v) is 22.4. The molecular weight excluding hydrogens is 560 g/mol. The monoisotopic (exact) mass is 582 g/mol. The number of benzene rings is 1. The van der Waals surface area contributed by atoms with E-state index in [1.54, 1.807) is 13.8 Å². The molecule has 0 N–H and O–H groups in total. The highest BCUT2D eigenvalue weighted by Crippen LogP contribution is 2.51. The first-order valence-corrected chi connectivity index (χ1v) is 13.3. The van der Waals surface area contributed by atoms with E-state index < -0.39 is 39.9 Å². The zero-order chi connectivity index (χ0) is 27.7. The van der Waals surface area contributed by atoms with Gasteiger partial charge in [-0.1, -0.05) is 23.4 Å². The molecule has 0 bridgehead atoms. The molecule has 1 heterocycles. The highest BCUT2D eigenvalue weighted by molar-refractivity contribution is 8.16. The van der Waals surface area contributed by atoms with Crippen molar-refractivity contribution in [3.05, 3.63) is 55.6 Å². The van der Waals surface area contributed by atoms with Gasteiger partial charge in [0.05, 0.1) is 29.0 Å². The van der Waals surface area contributed by atoms with Gasteiger partial charge in [-0.3, -0.25) is 19.0 Å². The van der Waals surface area contributed by atoms with Gasteiger partial charge in [0.15, 0.2) is 0 Å². The van der Waals surface area contributed by atoms with Crippen LogP contribution < -0.4 is 11.2 Å². The highest BCUT2D eigenvalue weighted by atomic mass is 35.5. The zero-order valence-electron chi connectivity index (χ0n) is 20.0. The number of hydrogen-bond acceptors (Lipinski definition) is 7. The first kappa shape index (κ1) is 29.3. The lowest BCUT2D eigenvalue weighted by molar-refractivity contribution is -0.145. The minimum atomic E-state index is -4.96. The number of carbonyl (C=O) groups is 2. The van der Waals surface area contributed by atoms with Crippen molar-refractivity contribution in [3.8, 4) is 5.69 Å². The number of alkyl halides is 3. The van der Waals surface area contributed by atoms with E-state index >= 15 is 0 Å². The van der Waals surface area contributed by atoms with Gasteiger partial charge in [0.25, 0.3) is 5.56 Å². The number of rotatable bonds is 9. The van der Waals surface area contributed by atoms with E-state index in [0.29, 0.717) is 5.75 Å². The SMILES string of the molecule is CCOC(=O)CC1(CSC(=O)C(C)Sc2cc(-n3c(=O)cc(C(F)(F)F)n(C)c3=O)c(F)cc2Cl)CC1. The molecule has 1 aliphatic rings. The van der Waals surface area contributed by atoms with Crippen LogP contribution in [0.5, 0.6) is 0 Å². The number of thioether (sulfide) groups is 2. The van der Waals surface area contributed by atoms with E-state index in [0.717, 1.165) is 55.5 Å². The van der Waals surface area contributed by atoms with Gasteiger partial charge in [0.2, 0.25) is 5.12 Å². The first-order chi connectivity index (χ1) is 17.2. The lowest BCUT2D eigenvalue weighted by atomic mass is 10.1. The first-order valence-electron chi connectivity index (χ1n) is 11.1. The van der Waals surface area contributed by atoms with Gasteiger partial charge in [-0.15, -0.1) is 11.8 Å². The molecule has 3 rings (SSSR count). The maximum atomic E-state index is 14.7. The van der Waals surface area contributed by atoms with Gasteiger partial charge in [-0.05, 0) is 44.2 Å². The molecule has 1 aromatic heterocycles. The number of esters is 1. The van der Waals surface area contributed by atoms with Crippen molar-refractivity contribution < 1.29 is 31.9 Å². The lowest BCUT2D eigenvalue weighted by Crippen LogP contribution is -2.41. The maximum Gasteiger partial charge on any atom is 0.431 e. The van der Waals surface area contributed by atoms with Crippen LogP contribution in [-0.4, -0.2) is 37.8 Å². The summed E-state index contributed by atoms with van der Waals surface area (Å²) >= 11 is 8.13. The number of aromatic nitrogens is 2. The van der Waals surface area contributed by atoms with Gasteiger partial charge in [0.1, 0.15) is 11.5 Å². The van der Waals surface area contributed by atoms with Gasteiger partial charge in [-0.2, -0.15) is 13.2 Å². The summed E-state index contributed by atoms with van der Waals surface area (Å²) in [6, 6.07) is 2.08. The van der Waals surface area contributed by atoms with Crippen molar-refractivity contribution in [1.29, 1.82) is 0 Å². The van der Waals surface area contributed by atoms with Crippen molar-refractivity contribution in [2.75, 3.05) is 12.4 Å². The Balaban J connectivity index is 1.81. The van der Waals surface area contributed by atoms with E-state index in [4.69, 9.17) is 16.3 Å². The summed E-state index contributed by atoms with van der Waals surface area (Å²) in [5.74, 6) is -0.989. The fourth-order valence-corrected chi connectivity index (χ4v) is 6.08. The van der Waals surface area contributed by atoms with Crippen molar-refractivity contribution in [2.45, 2.75) is 49.4 Å². The number of nitrogens with zero attached hydrogens (tertiary/aromatic N) is 2. The Morgan fingerprint density at radius 1 is 1.22 bits per heavy atom. The van der Waals surface area contributed by atoms with Crippen LogP contribution in [0, 0.1) is 11.2 Å². The molecule has 14 heteroatoms. The van der Waals surface area contributed by atoms with Gasteiger partial charge in [0, 0.05) is 23.8 Å². The summed E-state index contributed by atoms with van der Waals surface area (Å²) in [6.07, 6.45) is -3.13. The molecule has 202 valence electrons. The van der Waals surface area contributed by atoms with Crippen LogP contribution in [0.1, 0.15) is 38.8 Å². The average molecular weight is 583 g/mol. The smallest absolute Gasteiger partial charge is 0.431 e. The van der Waals surface area contributed by atoms with E-state index in [9.17, 15) is 36.7 Å². The van der Waals surface area contributed by atoms with Crippen LogP contribution >= 0.6 is 35.1 Å². The normalized spacial score (nSPS) is 15.4. The number of hydrogen-bond donors (Lipinski definition) is 0. The molecule has 1 saturated carbocycles. The summed E-state index contributed by atoms with van der Waals surface area (Å²) in [4.78, 5) is 49.7. The Labute approximate surface area is 222 Å². The molecule has 0 spiro atoms. The molecular formula is C23H23ClF4N2O5S2. The van der Waals surface area contributed by atoms with E-state index in [-0.39, 0.29) is 54.6 Å². The van der Waals surface area contributed by atoms with E-state index in [2.05, 4.69) is 0 Å². The fourth-order valence-electron chi connectivity index (χ4n) is 3.55. The topological polar surface area (TPSA) is 87.4 Å². The van der Waals surface area contributed by atoms with Crippen molar-refractivity contribution in [3.63, 3.8) is 0 Å². The number of carbonyl (C=O) groups excluding carboxylic acids is 2. The van der Waals surface area contributed by atoms with Crippen LogP contribution in [0.4, 0.5) is 17.6 Å². The summed E-state index contributed by atoms with van der Waals surface area (Å²) in [5, 5.41) is -1.02. The molecule has 0 radical (unpaired) electrons. The minimum absolute atomic E-state index is 0.103. The largest absolute Gasteiger partial charge is 0.466 e. The Hall–Kier alpha value is -2.25. The Kier molecular flexibility index (Phi) is 8.90. The second-order valence-corrected chi connectivity index (χ2v) is 11.4. The lowest BCUT2D eigenvalue weighted by Gasteiger charge is -2.17. The Morgan fingerprint density at radius 2 is 1.86 bits per heavy atom. The second kappa shape index (κ2) is 11.2. The predicted molar refractivity (Wildman–Crippen MR) is 133 cm³/mol. The van der Waals surface area contributed by atoms with Gasteiger partial charge in [-0.25, -0.2) is 13.8 Å². The number of ether oxygens (including phenoxy) is 1. The summed E-state index contributed by atoms with van der Waals surface area (Å²) in [6.45, 7) is 3.58. The summed E-state index contributed by atoms with van der Waals surface area (Å²) in [5.41, 5.74) is -5.11. The van der Waals surface area contributed by atoms with Crippen LogP contribution in [0.25, 0.3) is 5.69 Å². The number of halogens is 5. The third-order valence-electron chi connectivity index (χ3n) is 5.79. The molecule has 1 atom stereocenters. The van der Waals surface area contributed by atoms with E-state index in [1.165, 1.54) is 0 Å². The highest BCUT2D eigenvalue weighted by Gasteiger charge is 2.45. The fraction of sp³-hybridized carbons (Fsp3) is 0.478. The van der Waals surface area contributed by atoms with Crippen molar-refractivity contribution in [1.82, 2.24) is 9.13 Å².